The molecule has 4 heteroatoms. The van der Waals surface area contributed by atoms with Gasteiger partial charge in [-0.05, 0) is 23.8 Å². The lowest BCUT2D eigenvalue weighted by Gasteiger charge is -2.07. The Morgan fingerprint density at radius 2 is 1.89 bits per heavy atom. The van der Waals surface area contributed by atoms with Gasteiger partial charge in [0.2, 0.25) is 0 Å². The summed E-state index contributed by atoms with van der Waals surface area (Å²) in [7, 11) is 0. The first-order valence-electron chi connectivity index (χ1n) is 5.43. The van der Waals surface area contributed by atoms with Gasteiger partial charge in [0.05, 0.1) is 5.56 Å². The van der Waals surface area contributed by atoms with Crippen molar-refractivity contribution < 1.29 is 9.53 Å². The van der Waals surface area contributed by atoms with E-state index in [0.717, 1.165) is 10.0 Å². The molecule has 0 amide bonds. The van der Waals surface area contributed by atoms with Crippen molar-refractivity contribution in [2.45, 2.75) is 6.61 Å². The van der Waals surface area contributed by atoms with Gasteiger partial charge in [-0.15, -0.1) is 0 Å². The highest BCUT2D eigenvalue weighted by Crippen LogP contribution is 2.19. The van der Waals surface area contributed by atoms with Crippen molar-refractivity contribution in [3.8, 4) is 0 Å². The molecule has 0 bridgehead atoms. The number of ether oxygens (including phenoxy) is 1. The molecule has 0 aliphatic carbocycles. The van der Waals surface area contributed by atoms with Gasteiger partial charge in [-0.3, -0.25) is 0 Å². The number of benzene rings is 2. The molecule has 18 heavy (non-hydrogen) atoms. The van der Waals surface area contributed by atoms with Crippen LogP contribution in [0.25, 0.3) is 0 Å². The molecule has 92 valence electrons. The number of nitrogen functional groups attached to an aromatic ring is 1. The van der Waals surface area contributed by atoms with Crippen LogP contribution in [0.3, 0.4) is 0 Å². The highest BCUT2D eigenvalue weighted by atomic mass is 79.9. The fourth-order valence-electron chi connectivity index (χ4n) is 1.51. The fourth-order valence-corrected chi connectivity index (χ4v) is 1.87. The maximum atomic E-state index is 11.9. The smallest absolute Gasteiger partial charge is 0.340 e. The fraction of sp³-hybridized carbons (Fsp3) is 0.0714. The van der Waals surface area contributed by atoms with E-state index in [-0.39, 0.29) is 6.61 Å². The normalized spacial score (nSPS) is 10.1. The first-order chi connectivity index (χ1) is 8.66. The topological polar surface area (TPSA) is 52.3 Å². The number of anilines is 1. The Hall–Kier alpha value is -1.81. The molecule has 0 atom stereocenters. The third kappa shape index (κ3) is 3.11. The van der Waals surface area contributed by atoms with Crippen LogP contribution >= 0.6 is 15.9 Å². The first kappa shape index (κ1) is 12.6. The zero-order chi connectivity index (χ0) is 13.0. The number of hydrogen-bond donors (Lipinski definition) is 1. The van der Waals surface area contributed by atoms with E-state index in [0.29, 0.717) is 11.3 Å². The second-order valence-corrected chi connectivity index (χ2v) is 4.71. The molecule has 2 rings (SSSR count). The number of esters is 1. The molecule has 0 radical (unpaired) electrons. The van der Waals surface area contributed by atoms with Crippen molar-refractivity contribution in [1.29, 1.82) is 0 Å². The third-order valence-electron chi connectivity index (χ3n) is 2.45. The number of carbonyl (C=O) groups is 1. The summed E-state index contributed by atoms with van der Waals surface area (Å²) in [5, 5.41) is 0. The van der Waals surface area contributed by atoms with Gasteiger partial charge in [0.1, 0.15) is 6.61 Å². The second-order valence-electron chi connectivity index (χ2n) is 3.79. The quantitative estimate of drug-likeness (QED) is 0.698. The zero-order valence-electron chi connectivity index (χ0n) is 9.60. The highest BCUT2D eigenvalue weighted by molar-refractivity contribution is 9.10. The molecule has 2 aromatic carbocycles. The molecule has 0 aliphatic rings. The molecular formula is C14H12BrNO2. The summed E-state index contributed by atoms with van der Waals surface area (Å²) in [5.74, 6) is -0.419. The summed E-state index contributed by atoms with van der Waals surface area (Å²) in [4.78, 5) is 11.9. The number of rotatable bonds is 3. The number of hydrogen-bond acceptors (Lipinski definition) is 3. The van der Waals surface area contributed by atoms with Crippen molar-refractivity contribution in [2.75, 3.05) is 5.73 Å². The van der Waals surface area contributed by atoms with Gasteiger partial charge in [0.25, 0.3) is 0 Å². The zero-order valence-corrected chi connectivity index (χ0v) is 11.2. The number of carbonyl (C=O) groups excluding carboxylic acids is 1. The average molecular weight is 306 g/mol. The van der Waals surface area contributed by atoms with Gasteiger partial charge in [0, 0.05) is 10.2 Å². The van der Waals surface area contributed by atoms with E-state index in [9.17, 15) is 4.79 Å². The van der Waals surface area contributed by atoms with Gasteiger partial charge in [-0.1, -0.05) is 46.3 Å². The van der Waals surface area contributed by atoms with Crippen LogP contribution in [0.2, 0.25) is 0 Å². The lowest BCUT2D eigenvalue weighted by molar-refractivity contribution is 0.0474. The Labute approximate surface area is 114 Å². The Kier molecular flexibility index (Phi) is 3.99. The van der Waals surface area contributed by atoms with Crippen LogP contribution in [-0.2, 0) is 11.3 Å². The van der Waals surface area contributed by atoms with Crippen LogP contribution in [0.5, 0.6) is 0 Å². The van der Waals surface area contributed by atoms with Gasteiger partial charge in [0.15, 0.2) is 0 Å². The van der Waals surface area contributed by atoms with Crippen LogP contribution in [0.4, 0.5) is 5.69 Å². The molecule has 3 nitrogen and oxygen atoms in total. The van der Waals surface area contributed by atoms with Gasteiger partial charge < -0.3 is 10.5 Å². The van der Waals surface area contributed by atoms with Crippen LogP contribution < -0.4 is 5.73 Å². The molecule has 0 aliphatic heterocycles. The second kappa shape index (κ2) is 5.69. The minimum Gasteiger partial charge on any atom is -0.457 e. The largest absolute Gasteiger partial charge is 0.457 e. The van der Waals surface area contributed by atoms with E-state index in [1.807, 2.05) is 30.3 Å². The summed E-state index contributed by atoms with van der Waals surface area (Å²) in [6.07, 6.45) is 0. The minimum absolute atomic E-state index is 0.242. The molecule has 0 fully saturated rings. The lowest BCUT2D eigenvalue weighted by atomic mass is 10.2. The minimum atomic E-state index is -0.419. The van der Waals surface area contributed by atoms with Gasteiger partial charge in [-0.2, -0.15) is 0 Å². The molecule has 0 saturated heterocycles. The molecule has 0 aromatic heterocycles. The van der Waals surface area contributed by atoms with Crippen LogP contribution in [0.1, 0.15) is 15.9 Å². The van der Waals surface area contributed by atoms with Crippen molar-refractivity contribution in [3.63, 3.8) is 0 Å². The Bertz CT molecular complexity index is 555. The molecule has 0 heterocycles. The first-order valence-corrected chi connectivity index (χ1v) is 6.22. The van der Waals surface area contributed by atoms with Crippen molar-refractivity contribution >= 4 is 27.6 Å². The Morgan fingerprint density at radius 3 is 2.61 bits per heavy atom. The van der Waals surface area contributed by atoms with Crippen LogP contribution in [0.15, 0.2) is 53.0 Å². The summed E-state index contributed by atoms with van der Waals surface area (Å²) >= 11 is 3.30. The standard InChI is InChI=1S/C14H12BrNO2/c15-11-6-7-13(16)12(8-11)14(17)18-9-10-4-2-1-3-5-10/h1-8H,9,16H2. The van der Waals surface area contributed by atoms with E-state index in [1.54, 1.807) is 18.2 Å². The predicted octanol–water partition coefficient (Wildman–Crippen LogP) is 3.39. The molecule has 2 aromatic rings. The average Bonchev–Trinajstić information content (AvgIpc) is 2.40. The Balaban J connectivity index is 2.06. The highest BCUT2D eigenvalue weighted by Gasteiger charge is 2.11. The third-order valence-corrected chi connectivity index (χ3v) is 2.94. The van der Waals surface area contributed by atoms with E-state index in [2.05, 4.69) is 15.9 Å². The van der Waals surface area contributed by atoms with E-state index in [1.165, 1.54) is 0 Å². The Morgan fingerprint density at radius 1 is 1.17 bits per heavy atom. The molecule has 0 spiro atoms. The molecular weight excluding hydrogens is 294 g/mol. The van der Waals surface area contributed by atoms with Gasteiger partial charge in [-0.25, -0.2) is 4.79 Å². The van der Waals surface area contributed by atoms with Gasteiger partial charge >= 0.3 is 5.97 Å². The summed E-state index contributed by atoms with van der Waals surface area (Å²) in [6.45, 7) is 0.242. The molecule has 2 N–H and O–H groups in total. The summed E-state index contributed by atoms with van der Waals surface area (Å²) < 4.78 is 6.00. The predicted molar refractivity (Wildman–Crippen MR) is 74.1 cm³/mol. The maximum absolute atomic E-state index is 11.9. The van der Waals surface area contributed by atoms with E-state index in [4.69, 9.17) is 10.5 Å². The maximum Gasteiger partial charge on any atom is 0.340 e. The number of halogens is 1. The van der Waals surface area contributed by atoms with Crippen molar-refractivity contribution in [1.82, 2.24) is 0 Å². The summed E-state index contributed by atoms with van der Waals surface area (Å²) in [5.41, 5.74) is 7.47. The number of nitrogens with two attached hydrogens (primary N) is 1. The lowest BCUT2D eigenvalue weighted by Crippen LogP contribution is -2.08. The molecule has 0 saturated carbocycles. The van der Waals surface area contributed by atoms with Crippen molar-refractivity contribution in [3.05, 3.63) is 64.1 Å². The molecule has 0 unspecified atom stereocenters. The van der Waals surface area contributed by atoms with Crippen LogP contribution in [-0.4, -0.2) is 5.97 Å². The van der Waals surface area contributed by atoms with E-state index >= 15 is 0 Å². The van der Waals surface area contributed by atoms with Crippen LogP contribution in [0, 0.1) is 0 Å². The van der Waals surface area contributed by atoms with Crippen molar-refractivity contribution in [2.24, 2.45) is 0 Å². The summed E-state index contributed by atoms with van der Waals surface area (Å²) in [6, 6.07) is 14.6. The SMILES string of the molecule is Nc1ccc(Br)cc1C(=O)OCc1ccccc1. The monoisotopic (exact) mass is 305 g/mol. The van der Waals surface area contributed by atoms with E-state index < -0.39 is 5.97 Å².